The van der Waals surface area contributed by atoms with Gasteiger partial charge in [-0.15, -0.1) is 0 Å². The predicted octanol–water partition coefficient (Wildman–Crippen LogP) is 3.54. The van der Waals surface area contributed by atoms with Crippen LogP contribution in [0.4, 0.5) is 0 Å². The zero-order valence-electron chi connectivity index (χ0n) is 11.6. The summed E-state index contributed by atoms with van der Waals surface area (Å²) in [7, 11) is 0. The number of rotatable bonds is 5. The average molecular weight is 236 g/mol. The van der Waals surface area contributed by atoms with Crippen molar-refractivity contribution >= 4 is 0 Å². The van der Waals surface area contributed by atoms with Gasteiger partial charge in [-0.05, 0) is 42.6 Å². The highest BCUT2D eigenvalue weighted by Crippen LogP contribution is 2.52. The van der Waals surface area contributed by atoms with Crippen LogP contribution in [0, 0.1) is 17.3 Å². The Labute approximate surface area is 106 Å². The lowest BCUT2D eigenvalue weighted by Gasteiger charge is -2.32. The monoisotopic (exact) mass is 236 g/mol. The minimum Gasteiger partial charge on any atom is -0.403 e. The first-order valence-corrected chi connectivity index (χ1v) is 6.93. The van der Waals surface area contributed by atoms with E-state index in [4.69, 9.17) is 11.5 Å². The van der Waals surface area contributed by atoms with E-state index >= 15 is 0 Å². The summed E-state index contributed by atoms with van der Waals surface area (Å²) in [6.45, 7) is 7.05. The largest absolute Gasteiger partial charge is 0.403 e. The van der Waals surface area contributed by atoms with Gasteiger partial charge >= 0.3 is 0 Å². The Morgan fingerprint density at radius 1 is 1.41 bits per heavy atom. The van der Waals surface area contributed by atoms with Gasteiger partial charge < -0.3 is 11.5 Å². The molecule has 0 heterocycles. The topological polar surface area (TPSA) is 52.0 Å². The maximum atomic E-state index is 5.69. The number of nitrogens with two attached hydrogens (primary N) is 2. The maximum absolute atomic E-state index is 5.69. The Morgan fingerprint density at radius 3 is 2.65 bits per heavy atom. The van der Waals surface area contributed by atoms with Gasteiger partial charge in [-0.1, -0.05) is 39.7 Å². The van der Waals surface area contributed by atoms with Crippen LogP contribution in [0.2, 0.25) is 0 Å². The summed E-state index contributed by atoms with van der Waals surface area (Å²) in [5.41, 5.74) is 12.3. The molecule has 0 radical (unpaired) electrons. The summed E-state index contributed by atoms with van der Waals surface area (Å²) in [6, 6.07) is 0. The molecule has 0 spiro atoms. The summed E-state index contributed by atoms with van der Waals surface area (Å²) >= 11 is 0. The molecule has 4 N–H and O–H groups in total. The van der Waals surface area contributed by atoms with Gasteiger partial charge in [0.25, 0.3) is 0 Å². The van der Waals surface area contributed by atoms with Crippen molar-refractivity contribution in [1.29, 1.82) is 0 Å². The van der Waals surface area contributed by atoms with Gasteiger partial charge in [0, 0.05) is 11.9 Å². The van der Waals surface area contributed by atoms with E-state index < -0.39 is 0 Å². The predicted molar refractivity (Wildman–Crippen MR) is 75.1 cm³/mol. The molecule has 17 heavy (non-hydrogen) atoms. The van der Waals surface area contributed by atoms with Crippen molar-refractivity contribution in [2.45, 2.75) is 52.9 Å². The molecule has 0 bridgehead atoms. The van der Waals surface area contributed by atoms with Crippen molar-refractivity contribution < 1.29 is 0 Å². The van der Waals surface area contributed by atoms with Crippen molar-refractivity contribution in [1.82, 2.24) is 0 Å². The summed E-state index contributed by atoms with van der Waals surface area (Å²) in [5, 5.41) is 0. The Bertz CT molecular complexity index is 293. The molecule has 1 fully saturated rings. The fraction of sp³-hybridized carbons (Fsp3) is 0.733. The minimum absolute atomic E-state index is 0.560. The Kier molecular flexibility index (Phi) is 5.10. The van der Waals surface area contributed by atoms with Crippen LogP contribution in [0.3, 0.4) is 0 Å². The van der Waals surface area contributed by atoms with Crippen LogP contribution < -0.4 is 11.5 Å². The van der Waals surface area contributed by atoms with Crippen molar-refractivity contribution in [2.24, 2.45) is 28.7 Å². The minimum atomic E-state index is 0.560. The molecule has 1 aliphatic carbocycles. The van der Waals surface area contributed by atoms with Crippen LogP contribution in [0.5, 0.6) is 0 Å². The molecular weight excluding hydrogens is 208 g/mol. The molecule has 2 heteroatoms. The van der Waals surface area contributed by atoms with E-state index in [9.17, 15) is 0 Å². The lowest BCUT2D eigenvalue weighted by Crippen LogP contribution is -2.22. The van der Waals surface area contributed by atoms with Crippen molar-refractivity contribution in [3.63, 3.8) is 0 Å². The molecule has 1 rings (SSSR count). The molecule has 0 aromatic heterocycles. The van der Waals surface area contributed by atoms with E-state index in [2.05, 4.69) is 26.8 Å². The highest BCUT2D eigenvalue weighted by Gasteiger charge is 2.41. The lowest BCUT2D eigenvalue weighted by atomic mass is 9.73. The molecule has 98 valence electrons. The molecule has 0 amide bonds. The molecule has 0 aromatic rings. The van der Waals surface area contributed by atoms with Gasteiger partial charge in [0.15, 0.2) is 0 Å². The molecule has 3 atom stereocenters. The van der Waals surface area contributed by atoms with Crippen molar-refractivity contribution in [3.8, 4) is 0 Å². The number of hydrogen-bond donors (Lipinski definition) is 2. The fourth-order valence-electron chi connectivity index (χ4n) is 3.48. The van der Waals surface area contributed by atoms with Gasteiger partial charge in [-0.2, -0.15) is 0 Å². The quantitative estimate of drug-likeness (QED) is 0.717. The molecule has 0 aromatic carbocycles. The van der Waals surface area contributed by atoms with Crippen LogP contribution in [-0.2, 0) is 0 Å². The zero-order chi connectivity index (χ0) is 12.9. The molecular formula is C15H28N2. The third kappa shape index (κ3) is 3.27. The van der Waals surface area contributed by atoms with Gasteiger partial charge in [-0.25, -0.2) is 0 Å². The zero-order valence-corrected chi connectivity index (χ0v) is 11.6. The summed E-state index contributed by atoms with van der Waals surface area (Å²) < 4.78 is 0. The molecule has 2 nitrogen and oxygen atoms in total. The first-order valence-electron chi connectivity index (χ1n) is 6.93. The maximum Gasteiger partial charge on any atom is 0.0468 e. The van der Waals surface area contributed by atoms with Crippen LogP contribution in [0.15, 0.2) is 24.0 Å². The first-order chi connectivity index (χ1) is 8.07. The van der Waals surface area contributed by atoms with Crippen LogP contribution in [-0.4, -0.2) is 0 Å². The summed E-state index contributed by atoms with van der Waals surface area (Å²) in [5.74, 6) is 1.50. The van der Waals surface area contributed by atoms with Gasteiger partial charge in [0.05, 0.1) is 0 Å². The van der Waals surface area contributed by atoms with Gasteiger partial charge in [0.1, 0.15) is 0 Å². The molecule has 1 saturated carbocycles. The van der Waals surface area contributed by atoms with E-state index in [0.717, 1.165) is 5.92 Å². The number of hydrogen-bond acceptors (Lipinski definition) is 2. The van der Waals surface area contributed by atoms with Gasteiger partial charge in [-0.3, -0.25) is 0 Å². The average Bonchev–Trinajstić information content (AvgIpc) is 2.64. The summed E-state index contributed by atoms with van der Waals surface area (Å²) in [4.78, 5) is 0. The second-order valence-electron chi connectivity index (χ2n) is 5.59. The normalized spacial score (nSPS) is 34.6. The van der Waals surface area contributed by atoms with E-state index in [1.165, 1.54) is 38.3 Å². The van der Waals surface area contributed by atoms with Crippen molar-refractivity contribution in [2.75, 3.05) is 0 Å². The van der Waals surface area contributed by atoms with Crippen LogP contribution >= 0.6 is 0 Å². The second kappa shape index (κ2) is 6.13. The SMILES string of the molecule is CCCC1(CC)CC(/C=C\C(N)=C\N)CC1C. The van der Waals surface area contributed by atoms with E-state index in [0.29, 0.717) is 17.0 Å². The smallest absolute Gasteiger partial charge is 0.0468 e. The Morgan fingerprint density at radius 2 is 2.12 bits per heavy atom. The Balaban J connectivity index is 2.68. The van der Waals surface area contributed by atoms with E-state index in [1.54, 1.807) is 0 Å². The van der Waals surface area contributed by atoms with E-state index in [1.807, 2.05) is 6.08 Å². The highest BCUT2D eigenvalue weighted by molar-refractivity contribution is 5.15. The fourth-order valence-corrected chi connectivity index (χ4v) is 3.48. The Hall–Kier alpha value is -0.920. The van der Waals surface area contributed by atoms with Crippen LogP contribution in [0.25, 0.3) is 0 Å². The molecule has 0 saturated heterocycles. The van der Waals surface area contributed by atoms with Crippen molar-refractivity contribution in [3.05, 3.63) is 24.0 Å². The second-order valence-corrected chi connectivity index (χ2v) is 5.59. The first kappa shape index (κ1) is 14.1. The molecule has 1 aliphatic rings. The third-order valence-corrected chi connectivity index (χ3v) is 4.58. The van der Waals surface area contributed by atoms with Crippen LogP contribution in [0.1, 0.15) is 52.9 Å². The van der Waals surface area contributed by atoms with Gasteiger partial charge in [0.2, 0.25) is 0 Å². The highest BCUT2D eigenvalue weighted by atomic mass is 14.6. The summed E-state index contributed by atoms with van der Waals surface area (Å²) in [6.07, 6.45) is 12.2. The number of allylic oxidation sites excluding steroid dienone is 2. The van der Waals surface area contributed by atoms with E-state index in [-0.39, 0.29) is 0 Å². The lowest BCUT2D eigenvalue weighted by molar-refractivity contribution is 0.182. The molecule has 3 unspecified atom stereocenters. The standard InChI is InChI=1S/C15H28N2/c1-4-8-15(5-2)10-13(9-12(15)3)6-7-14(17)11-16/h6-7,11-13H,4-5,8-10,16-17H2,1-3H3/b7-6-,14-11-. The third-order valence-electron chi connectivity index (χ3n) is 4.58. The molecule has 0 aliphatic heterocycles.